The van der Waals surface area contributed by atoms with Crippen molar-refractivity contribution in [3.8, 4) is 0 Å². The molecule has 2 rings (SSSR count). The molecule has 2 aromatic carbocycles. The third kappa shape index (κ3) is 3.97. The maximum atomic E-state index is 11.8. The van der Waals surface area contributed by atoms with E-state index in [0.29, 0.717) is 20.6 Å². The van der Waals surface area contributed by atoms with Crippen LogP contribution in [0.5, 0.6) is 0 Å². The Hall–Kier alpha value is -1.55. The minimum atomic E-state index is -0.367. The maximum absolute atomic E-state index is 11.8. The lowest BCUT2D eigenvalue weighted by molar-refractivity contribution is 0.0955. The number of nitrogens with zero attached hydrogens (tertiary/aromatic N) is 1. The first-order chi connectivity index (χ1) is 9.56. The Morgan fingerprint density at radius 1 is 1.00 bits per heavy atom. The summed E-state index contributed by atoms with van der Waals surface area (Å²) in [6.45, 7) is 0. The molecule has 0 aliphatic heterocycles. The van der Waals surface area contributed by atoms with Gasteiger partial charge < -0.3 is 0 Å². The number of hydrazone groups is 1. The number of amides is 1. The van der Waals surface area contributed by atoms with E-state index in [1.807, 2.05) is 0 Å². The molecule has 0 heterocycles. The first-order valence-electron chi connectivity index (χ1n) is 5.60. The standard InChI is InChI=1S/C14H9Cl3N2O/c15-11-4-1-9(2-5-11)8-18-19-14(20)10-3-6-12(16)13(17)7-10/h1-8H,(H,19,20). The average Bonchev–Trinajstić information content (AvgIpc) is 2.44. The van der Waals surface area contributed by atoms with Crippen molar-refractivity contribution < 1.29 is 4.79 Å². The lowest BCUT2D eigenvalue weighted by Crippen LogP contribution is -2.17. The molecule has 6 heteroatoms. The molecular weight excluding hydrogens is 319 g/mol. The Morgan fingerprint density at radius 3 is 2.35 bits per heavy atom. The molecule has 0 fully saturated rings. The second-order valence-corrected chi connectivity index (χ2v) is 5.13. The van der Waals surface area contributed by atoms with Crippen molar-refractivity contribution in [1.29, 1.82) is 0 Å². The van der Waals surface area contributed by atoms with E-state index in [9.17, 15) is 4.79 Å². The quantitative estimate of drug-likeness (QED) is 0.658. The molecular formula is C14H9Cl3N2O. The largest absolute Gasteiger partial charge is 0.271 e. The fourth-order valence-electron chi connectivity index (χ4n) is 1.42. The van der Waals surface area contributed by atoms with Crippen molar-refractivity contribution in [2.24, 2.45) is 5.10 Å². The van der Waals surface area contributed by atoms with E-state index in [0.717, 1.165) is 5.56 Å². The minimum Gasteiger partial charge on any atom is -0.267 e. The summed E-state index contributed by atoms with van der Waals surface area (Å²) in [6.07, 6.45) is 1.52. The van der Waals surface area contributed by atoms with Crippen LogP contribution in [0.25, 0.3) is 0 Å². The van der Waals surface area contributed by atoms with E-state index < -0.39 is 0 Å². The van der Waals surface area contributed by atoms with Gasteiger partial charge in [-0.3, -0.25) is 4.79 Å². The summed E-state index contributed by atoms with van der Waals surface area (Å²) in [5.41, 5.74) is 3.61. The van der Waals surface area contributed by atoms with Crippen LogP contribution in [0.15, 0.2) is 47.6 Å². The first kappa shape index (κ1) is 14.9. The number of nitrogens with one attached hydrogen (secondary N) is 1. The second kappa shape index (κ2) is 6.75. The fraction of sp³-hybridized carbons (Fsp3) is 0. The summed E-state index contributed by atoms with van der Waals surface area (Å²) in [5, 5.41) is 5.21. The number of carbonyl (C=O) groups excluding carboxylic acids is 1. The van der Waals surface area contributed by atoms with E-state index in [2.05, 4.69) is 10.5 Å². The summed E-state index contributed by atoms with van der Waals surface area (Å²) in [7, 11) is 0. The highest BCUT2D eigenvalue weighted by Gasteiger charge is 2.06. The van der Waals surface area contributed by atoms with Gasteiger partial charge >= 0.3 is 0 Å². The van der Waals surface area contributed by atoms with Gasteiger partial charge in [-0.1, -0.05) is 46.9 Å². The number of hydrogen-bond donors (Lipinski definition) is 1. The summed E-state index contributed by atoms with van der Waals surface area (Å²) < 4.78 is 0. The van der Waals surface area contributed by atoms with Gasteiger partial charge in [0.2, 0.25) is 0 Å². The molecule has 0 saturated heterocycles. The van der Waals surface area contributed by atoms with Gasteiger partial charge in [-0.25, -0.2) is 5.43 Å². The SMILES string of the molecule is O=C(NN=Cc1ccc(Cl)cc1)c1ccc(Cl)c(Cl)c1. The van der Waals surface area contributed by atoms with Gasteiger partial charge in [-0.05, 0) is 35.9 Å². The topological polar surface area (TPSA) is 41.5 Å². The third-order valence-corrected chi connectivity index (χ3v) is 3.42. The summed E-state index contributed by atoms with van der Waals surface area (Å²) in [6, 6.07) is 11.7. The molecule has 0 aliphatic rings. The van der Waals surface area contributed by atoms with Crippen LogP contribution in [0.2, 0.25) is 15.1 Å². The van der Waals surface area contributed by atoms with Crippen molar-refractivity contribution >= 4 is 46.9 Å². The van der Waals surface area contributed by atoms with Crippen molar-refractivity contribution in [2.45, 2.75) is 0 Å². The Kier molecular flexibility index (Phi) is 5.01. The summed E-state index contributed by atoms with van der Waals surface area (Å²) in [5.74, 6) is -0.367. The first-order valence-corrected chi connectivity index (χ1v) is 6.73. The normalized spacial score (nSPS) is 10.8. The van der Waals surface area contributed by atoms with Crippen LogP contribution in [-0.2, 0) is 0 Å². The molecule has 0 unspecified atom stereocenters. The Labute approximate surface area is 131 Å². The number of carbonyl (C=O) groups is 1. The highest BCUT2D eigenvalue weighted by Crippen LogP contribution is 2.22. The smallest absolute Gasteiger partial charge is 0.267 e. The molecule has 0 radical (unpaired) electrons. The predicted octanol–water partition coefficient (Wildman–Crippen LogP) is 4.41. The van der Waals surface area contributed by atoms with Crippen LogP contribution in [0.4, 0.5) is 0 Å². The lowest BCUT2D eigenvalue weighted by Gasteiger charge is -2.01. The van der Waals surface area contributed by atoms with E-state index in [-0.39, 0.29) is 5.91 Å². The zero-order chi connectivity index (χ0) is 14.5. The summed E-state index contributed by atoms with van der Waals surface area (Å²) in [4.78, 5) is 11.8. The molecule has 0 atom stereocenters. The monoisotopic (exact) mass is 326 g/mol. The van der Waals surface area contributed by atoms with E-state index in [4.69, 9.17) is 34.8 Å². The van der Waals surface area contributed by atoms with Crippen molar-refractivity contribution in [2.75, 3.05) is 0 Å². The van der Waals surface area contributed by atoms with Crippen LogP contribution >= 0.6 is 34.8 Å². The van der Waals surface area contributed by atoms with Crippen LogP contribution < -0.4 is 5.43 Å². The minimum absolute atomic E-state index is 0.320. The third-order valence-electron chi connectivity index (χ3n) is 2.43. The number of hydrogen-bond acceptors (Lipinski definition) is 2. The molecule has 102 valence electrons. The number of halogens is 3. The highest BCUT2D eigenvalue weighted by atomic mass is 35.5. The molecule has 0 bridgehead atoms. The van der Waals surface area contributed by atoms with Gasteiger partial charge in [0.05, 0.1) is 16.3 Å². The Morgan fingerprint density at radius 2 is 1.70 bits per heavy atom. The Bertz CT molecular complexity index is 654. The van der Waals surface area contributed by atoms with Crippen molar-refractivity contribution in [3.05, 3.63) is 68.7 Å². The zero-order valence-corrected chi connectivity index (χ0v) is 12.4. The molecule has 1 N–H and O–H groups in total. The van der Waals surface area contributed by atoms with Gasteiger partial charge in [0.1, 0.15) is 0 Å². The molecule has 0 saturated carbocycles. The van der Waals surface area contributed by atoms with Crippen LogP contribution in [-0.4, -0.2) is 12.1 Å². The van der Waals surface area contributed by atoms with Crippen LogP contribution in [0.1, 0.15) is 15.9 Å². The fourth-order valence-corrected chi connectivity index (χ4v) is 1.84. The lowest BCUT2D eigenvalue weighted by atomic mass is 10.2. The predicted molar refractivity (Wildman–Crippen MR) is 83.0 cm³/mol. The highest BCUT2D eigenvalue weighted by molar-refractivity contribution is 6.42. The Balaban J connectivity index is 2.01. The van der Waals surface area contributed by atoms with Gasteiger partial charge in [-0.15, -0.1) is 0 Å². The number of benzene rings is 2. The molecule has 20 heavy (non-hydrogen) atoms. The second-order valence-electron chi connectivity index (χ2n) is 3.88. The zero-order valence-electron chi connectivity index (χ0n) is 10.1. The molecule has 0 aliphatic carbocycles. The number of rotatable bonds is 3. The van der Waals surface area contributed by atoms with E-state index in [1.165, 1.54) is 12.3 Å². The van der Waals surface area contributed by atoms with Gasteiger partial charge in [0.25, 0.3) is 5.91 Å². The van der Waals surface area contributed by atoms with E-state index in [1.54, 1.807) is 36.4 Å². The van der Waals surface area contributed by atoms with Gasteiger partial charge in [0, 0.05) is 10.6 Å². The molecule has 3 nitrogen and oxygen atoms in total. The summed E-state index contributed by atoms with van der Waals surface area (Å²) >= 11 is 17.4. The molecule has 0 aromatic heterocycles. The molecule has 0 spiro atoms. The van der Waals surface area contributed by atoms with Crippen LogP contribution in [0, 0.1) is 0 Å². The molecule has 2 aromatic rings. The average molecular weight is 328 g/mol. The molecule has 1 amide bonds. The van der Waals surface area contributed by atoms with Crippen LogP contribution in [0.3, 0.4) is 0 Å². The van der Waals surface area contributed by atoms with Crippen molar-refractivity contribution in [1.82, 2.24) is 5.43 Å². The van der Waals surface area contributed by atoms with Gasteiger partial charge in [-0.2, -0.15) is 5.10 Å². The maximum Gasteiger partial charge on any atom is 0.271 e. The van der Waals surface area contributed by atoms with Gasteiger partial charge in [0.15, 0.2) is 0 Å². The van der Waals surface area contributed by atoms with E-state index >= 15 is 0 Å². The van der Waals surface area contributed by atoms with Crippen molar-refractivity contribution in [3.63, 3.8) is 0 Å².